The van der Waals surface area contributed by atoms with E-state index < -0.39 is 11.9 Å². The van der Waals surface area contributed by atoms with Crippen LogP contribution in [0.4, 0.5) is 9.39 Å². The molecule has 1 aliphatic heterocycles. The number of halogens is 1. The van der Waals surface area contributed by atoms with Crippen LogP contribution in [-0.2, 0) is 16.1 Å². The number of amides is 2. The maximum atomic E-state index is 13.1. The lowest BCUT2D eigenvalue weighted by molar-refractivity contribution is -0.117. The van der Waals surface area contributed by atoms with Crippen molar-refractivity contribution in [3.63, 3.8) is 0 Å². The highest BCUT2D eigenvalue weighted by atomic mass is 32.1. The standard InChI is InChI=1S/C23H29FN4O4S/c1-14(2)32-23(31)19-15(3)20(21(25)30)33-22(19)26-18(29)13-28-10-8-27(9-11-28)12-16-4-6-17(24)7-5-16/h4-7,14H,8-13H2,1-3H3,(H2,25,30)(H,26,29). The molecule has 10 heteroatoms. The number of primary amides is 1. The maximum Gasteiger partial charge on any atom is 0.341 e. The molecule has 8 nitrogen and oxygen atoms in total. The second-order valence-corrected chi connectivity index (χ2v) is 9.33. The summed E-state index contributed by atoms with van der Waals surface area (Å²) < 4.78 is 18.4. The first kappa shape index (κ1) is 24.8. The number of hydrogen-bond donors (Lipinski definition) is 2. The lowest BCUT2D eigenvalue weighted by Gasteiger charge is -2.34. The Hall–Kier alpha value is -2.82. The molecule has 2 heterocycles. The van der Waals surface area contributed by atoms with E-state index in [9.17, 15) is 18.8 Å². The van der Waals surface area contributed by atoms with Crippen LogP contribution in [0, 0.1) is 12.7 Å². The fourth-order valence-electron chi connectivity index (χ4n) is 3.68. The number of ether oxygens (including phenoxy) is 1. The SMILES string of the molecule is Cc1c(C(N)=O)sc(NC(=O)CN2CCN(Cc3ccc(F)cc3)CC2)c1C(=O)OC(C)C. The predicted molar refractivity (Wildman–Crippen MR) is 125 cm³/mol. The number of carbonyl (C=O) groups is 3. The second kappa shape index (κ2) is 10.9. The Labute approximate surface area is 196 Å². The summed E-state index contributed by atoms with van der Waals surface area (Å²) in [5.74, 6) is -1.79. The van der Waals surface area contributed by atoms with Gasteiger partial charge in [-0.1, -0.05) is 12.1 Å². The zero-order valence-corrected chi connectivity index (χ0v) is 19.8. The molecule has 178 valence electrons. The third kappa shape index (κ3) is 6.59. The molecule has 0 aliphatic carbocycles. The number of thiophene rings is 1. The van der Waals surface area contributed by atoms with E-state index in [0.717, 1.165) is 36.5 Å². The summed E-state index contributed by atoms with van der Waals surface area (Å²) in [7, 11) is 0. The fourth-order valence-corrected chi connectivity index (χ4v) is 4.74. The van der Waals surface area contributed by atoms with Gasteiger partial charge in [-0.3, -0.25) is 19.4 Å². The number of hydrogen-bond acceptors (Lipinski definition) is 7. The zero-order chi connectivity index (χ0) is 24.1. The molecular weight excluding hydrogens is 447 g/mol. The highest BCUT2D eigenvalue weighted by molar-refractivity contribution is 7.18. The molecule has 0 spiro atoms. The van der Waals surface area contributed by atoms with Crippen molar-refractivity contribution >= 4 is 34.1 Å². The van der Waals surface area contributed by atoms with Gasteiger partial charge in [-0.2, -0.15) is 0 Å². The van der Waals surface area contributed by atoms with Crippen molar-refractivity contribution in [1.82, 2.24) is 9.80 Å². The van der Waals surface area contributed by atoms with Crippen LogP contribution in [0.25, 0.3) is 0 Å². The largest absolute Gasteiger partial charge is 0.459 e. The number of nitrogens with two attached hydrogens (primary N) is 1. The van der Waals surface area contributed by atoms with E-state index in [4.69, 9.17) is 10.5 Å². The molecule has 0 saturated carbocycles. The lowest BCUT2D eigenvalue weighted by atomic mass is 10.1. The van der Waals surface area contributed by atoms with Gasteiger partial charge in [-0.15, -0.1) is 11.3 Å². The molecule has 1 fully saturated rings. The third-order valence-corrected chi connectivity index (χ3v) is 6.54. The molecule has 2 amide bonds. The Morgan fingerprint density at radius 1 is 1.12 bits per heavy atom. The van der Waals surface area contributed by atoms with Gasteiger partial charge in [0.25, 0.3) is 5.91 Å². The second-order valence-electron chi connectivity index (χ2n) is 8.31. The van der Waals surface area contributed by atoms with Gasteiger partial charge in [0.1, 0.15) is 10.8 Å². The molecule has 0 bridgehead atoms. The number of carbonyl (C=O) groups excluding carboxylic acids is 3. The summed E-state index contributed by atoms with van der Waals surface area (Å²) in [5.41, 5.74) is 7.04. The molecule has 1 saturated heterocycles. The Morgan fingerprint density at radius 3 is 2.30 bits per heavy atom. The molecule has 33 heavy (non-hydrogen) atoms. The number of anilines is 1. The van der Waals surface area contributed by atoms with Crippen molar-refractivity contribution in [3.05, 3.63) is 51.7 Å². The monoisotopic (exact) mass is 476 g/mol. The van der Waals surface area contributed by atoms with Crippen molar-refractivity contribution in [2.45, 2.75) is 33.4 Å². The first-order chi connectivity index (χ1) is 15.6. The normalized spacial score (nSPS) is 14.9. The Morgan fingerprint density at radius 2 is 1.73 bits per heavy atom. The molecule has 1 aromatic carbocycles. The molecular formula is C23H29FN4O4S. The van der Waals surface area contributed by atoms with Gasteiger partial charge < -0.3 is 15.8 Å². The molecule has 0 atom stereocenters. The van der Waals surface area contributed by atoms with Crippen LogP contribution in [0.15, 0.2) is 24.3 Å². The summed E-state index contributed by atoms with van der Waals surface area (Å²) in [4.78, 5) is 41.5. The van der Waals surface area contributed by atoms with Crippen molar-refractivity contribution in [3.8, 4) is 0 Å². The quantitative estimate of drug-likeness (QED) is 0.568. The average molecular weight is 477 g/mol. The van der Waals surface area contributed by atoms with E-state index in [1.165, 1.54) is 12.1 Å². The number of nitrogens with zero attached hydrogens (tertiary/aromatic N) is 2. The Kier molecular flexibility index (Phi) is 8.17. The first-order valence-corrected chi connectivity index (χ1v) is 11.6. The minimum Gasteiger partial charge on any atom is -0.459 e. The van der Waals surface area contributed by atoms with Crippen LogP contribution in [0.2, 0.25) is 0 Å². The Balaban J connectivity index is 1.58. The van der Waals surface area contributed by atoms with Crippen molar-refractivity contribution in [2.75, 3.05) is 38.0 Å². The lowest BCUT2D eigenvalue weighted by Crippen LogP contribution is -2.48. The van der Waals surface area contributed by atoms with E-state index in [2.05, 4.69) is 10.2 Å². The third-order valence-electron chi connectivity index (χ3n) is 5.32. The Bertz CT molecular complexity index is 1010. The molecule has 3 rings (SSSR count). The smallest absolute Gasteiger partial charge is 0.341 e. The highest BCUT2D eigenvalue weighted by Gasteiger charge is 2.27. The minimum atomic E-state index is -0.658. The van der Waals surface area contributed by atoms with Crippen molar-refractivity contribution in [1.29, 1.82) is 0 Å². The number of esters is 1. The highest BCUT2D eigenvalue weighted by Crippen LogP contribution is 2.33. The molecule has 0 radical (unpaired) electrons. The summed E-state index contributed by atoms with van der Waals surface area (Å²) >= 11 is 0.982. The summed E-state index contributed by atoms with van der Waals surface area (Å²) in [5, 5.41) is 3.03. The van der Waals surface area contributed by atoms with Crippen LogP contribution in [0.5, 0.6) is 0 Å². The minimum absolute atomic E-state index is 0.159. The van der Waals surface area contributed by atoms with Crippen LogP contribution < -0.4 is 11.1 Å². The van der Waals surface area contributed by atoms with Gasteiger partial charge in [0.05, 0.1) is 23.1 Å². The van der Waals surface area contributed by atoms with Crippen LogP contribution >= 0.6 is 11.3 Å². The number of rotatable bonds is 8. The molecule has 3 N–H and O–H groups in total. The molecule has 1 aliphatic rings. The zero-order valence-electron chi connectivity index (χ0n) is 19.0. The molecule has 0 unspecified atom stereocenters. The van der Waals surface area contributed by atoms with Gasteiger partial charge in [0.2, 0.25) is 5.91 Å². The predicted octanol–water partition coefficient (Wildman–Crippen LogP) is 2.62. The van der Waals surface area contributed by atoms with E-state index in [0.29, 0.717) is 18.7 Å². The van der Waals surface area contributed by atoms with E-state index in [-0.39, 0.29) is 39.8 Å². The van der Waals surface area contributed by atoms with Gasteiger partial charge >= 0.3 is 5.97 Å². The summed E-state index contributed by atoms with van der Waals surface area (Å²) in [6.45, 7) is 8.91. The van der Waals surface area contributed by atoms with Crippen LogP contribution in [0.3, 0.4) is 0 Å². The summed E-state index contributed by atoms with van der Waals surface area (Å²) in [6.07, 6.45) is -0.344. The van der Waals surface area contributed by atoms with E-state index in [1.807, 2.05) is 4.90 Å². The number of benzene rings is 1. The molecule has 2 aromatic rings. The molecule has 1 aromatic heterocycles. The van der Waals surface area contributed by atoms with Crippen LogP contribution in [-0.4, -0.2) is 66.4 Å². The first-order valence-electron chi connectivity index (χ1n) is 10.8. The van der Waals surface area contributed by atoms with Crippen LogP contribution in [0.1, 0.15) is 45.0 Å². The maximum absolute atomic E-state index is 13.1. The van der Waals surface area contributed by atoms with Gasteiger partial charge in [0, 0.05) is 32.7 Å². The summed E-state index contributed by atoms with van der Waals surface area (Å²) in [6, 6.07) is 6.47. The average Bonchev–Trinajstić information content (AvgIpc) is 3.06. The van der Waals surface area contributed by atoms with Gasteiger partial charge in [-0.25, -0.2) is 9.18 Å². The van der Waals surface area contributed by atoms with Crippen molar-refractivity contribution < 1.29 is 23.5 Å². The topological polar surface area (TPSA) is 105 Å². The van der Waals surface area contributed by atoms with Crippen molar-refractivity contribution in [2.24, 2.45) is 5.73 Å². The van der Waals surface area contributed by atoms with Gasteiger partial charge in [-0.05, 0) is 44.0 Å². The van der Waals surface area contributed by atoms with E-state index in [1.54, 1.807) is 32.9 Å². The fraction of sp³-hybridized carbons (Fsp3) is 0.435. The van der Waals surface area contributed by atoms with E-state index >= 15 is 0 Å². The number of nitrogens with one attached hydrogen (secondary N) is 1. The number of piperazine rings is 1. The van der Waals surface area contributed by atoms with Gasteiger partial charge in [0.15, 0.2) is 0 Å².